The Balaban J connectivity index is 2.17. The Kier molecular flexibility index (Phi) is 6.62. The third-order valence-electron chi connectivity index (χ3n) is 3.25. The normalized spacial score (nSPS) is 10.5. The zero-order valence-corrected chi connectivity index (χ0v) is 15.7. The molecule has 0 heterocycles. The number of benzene rings is 2. The predicted octanol–water partition coefficient (Wildman–Crippen LogP) is 4.16. The highest BCUT2D eigenvalue weighted by Gasteiger charge is 2.10. The molecule has 0 unspecified atom stereocenters. The summed E-state index contributed by atoms with van der Waals surface area (Å²) in [5, 5.41) is 12.0. The van der Waals surface area contributed by atoms with Crippen molar-refractivity contribution in [1.29, 1.82) is 5.26 Å². The van der Waals surface area contributed by atoms with Crippen LogP contribution in [0.15, 0.2) is 48.0 Å². The molecule has 1 amide bonds. The van der Waals surface area contributed by atoms with Crippen molar-refractivity contribution >= 4 is 40.3 Å². The van der Waals surface area contributed by atoms with Gasteiger partial charge in [0.25, 0.3) is 5.91 Å². The summed E-state index contributed by atoms with van der Waals surface area (Å²) in [4.78, 5) is 12.3. The maximum atomic E-state index is 12.3. The molecule has 2 aromatic carbocycles. The van der Waals surface area contributed by atoms with Crippen molar-refractivity contribution in [2.45, 2.75) is 6.92 Å². The summed E-state index contributed by atoms with van der Waals surface area (Å²) in [7, 11) is 0. The fraction of sp³-hybridized carbons (Fsp3) is 0.100. The molecule has 0 atom stereocenters. The molecule has 0 aliphatic heterocycles. The minimum Gasteiger partial charge on any atom is -0.480 e. The zero-order valence-electron chi connectivity index (χ0n) is 13.5. The van der Waals surface area contributed by atoms with Crippen LogP contribution in [0, 0.1) is 34.2 Å². The van der Waals surface area contributed by atoms with Crippen LogP contribution in [-0.2, 0) is 4.79 Å². The summed E-state index contributed by atoms with van der Waals surface area (Å²) < 4.78 is 6.24. The van der Waals surface area contributed by atoms with Gasteiger partial charge in [0.15, 0.2) is 0 Å². The fourth-order valence-corrected chi connectivity index (χ4v) is 2.69. The number of hydrogen-bond donors (Lipinski definition) is 1. The lowest BCUT2D eigenvalue weighted by Crippen LogP contribution is -2.13. The number of nitriles is 1. The number of carbonyl (C=O) groups is 1. The average molecular weight is 442 g/mol. The van der Waals surface area contributed by atoms with Crippen molar-refractivity contribution in [1.82, 2.24) is 0 Å². The van der Waals surface area contributed by atoms with Gasteiger partial charge in [0.1, 0.15) is 24.0 Å². The number of rotatable bonds is 5. The van der Waals surface area contributed by atoms with Crippen molar-refractivity contribution in [2.75, 3.05) is 11.9 Å². The van der Waals surface area contributed by atoms with Crippen LogP contribution in [0.5, 0.6) is 5.75 Å². The van der Waals surface area contributed by atoms with E-state index in [2.05, 4.69) is 33.8 Å². The minimum absolute atomic E-state index is 0.0219. The molecule has 2 rings (SSSR count). The molecular formula is C20H15IN2O2. The lowest BCUT2D eigenvalue weighted by molar-refractivity contribution is -0.112. The van der Waals surface area contributed by atoms with Crippen LogP contribution in [0.1, 0.15) is 11.1 Å². The molecule has 0 saturated carbocycles. The first-order valence-corrected chi connectivity index (χ1v) is 8.47. The molecule has 4 nitrogen and oxygen atoms in total. The van der Waals surface area contributed by atoms with Crippen LogP contribution in [0.2, 0.25) is 0 Å². The number of amides is 1. The number of ether oxygens (including phenoxy) is 1. The lowest BCUT2D eigenvalue weighted by atomic mass is 10.1. The fourth-order valence-electron chi connectivity index (χ4n) is 1.99. The summed E-state index contributed by atoms with van der Waals surface area (Å²) in [5.41, 5.74) is 2.49. The molecule has 0 aliphatic rings. The van der Waals surface area contributed by atoms with Crippen molar-refractivity contribution in [3.63, 3.8) is 0 Å². The van der Waals surface area contributed by atoms with E-state index in [-0.39, 0.29) is 12.2 Å². The van der Waals surface area contributed by atoms with E-state index < -0.39 is 5.91 Å². The van der Waals surface area contributed by atoms with Crippen molar-refractivity contribution in [3.05, 3.63) is 62.7 Å². The van der Waals surface area contributed by atoms with E-state index in [1.54, 1.807) is 24.3 Å². The van der Waals surface area contributed by atoms with Crippen LogP contribution in [0.3, 0.4) is 0 Å². The van der Waals surface area contributed by atoms with E-state index in [0.717, 1.165) is 14.7 Å². The molecule has 0 aromatic heterocycles. The van der Waals surface area contributed by atoms with Crippen molar-refractivity contribution in [2.24, 2.45) is 0 Å². The average Bonchev–Trinajstić information content (AvgIpc) is 2.60. The Labute approximate surface area is 160 Å². The molecule has 25 heavy (non-hydrogen) atoms. The van der Waals surface area contributed by atoms with Gasteiger partial charge in [-0.25, -0.2) is 0 Å². The molecule has 2 aromatic rings. The van der Waals surface area contributed by atoms with Gasteiger partial charge >= 0.3 is 0 Å². The van der Waals surface area contributed by atoms with Crippen molar-refractivity contribution < 1.29 is 9.53 Å². The Hall–Kier alpha value is -2.77. The molecule has 0 aliphatic carbocycles. The number of hydrogen-bond acceptors (Lipinski definition) is 3. The predicted molar refractivity (Wildman–Crippen MR) is 107 cm³/mol. The molecule has 0 saturated heterocycles. The first-order valence-electron chi connectivity index (χ1n) is 7.39. The Bertz CT molecular complexity index is 887. The number of carbonyl (C=O) groups excluding carboxylic acids is 1. The first kappa shape index (κ1) is 18.6. The molecular weight excluding hydrogens is 427 g/mol. The smallest absolute Gasteiger partial charge is 0.266 e. The quantitative estimate of drug-likeness (QED) is 0.328. The van der Waals surface area contributed by atoms with Gasteiger partial charge in [-0.2, -0.15) is 5.26 Å². The number of nitrogens with one attached hydrogen (secondary N) is 1. The van der Waals surface area contributed by atoms with Crippen LogP contribution in [0.25, 0.3) is 6.08 Å². The van der Waals surface area contributed by atoms with E-state index in [1.807, 2.05) is 31.2 Å². The second-order valence-corrected chi connectivity index (χ2v) is 6.33. The maximum absolute atomic E-state index is 12.3. The summed E-state index contributed by atoms with van der Waals surface area (Å²) in [6.07, 6.45) is 6.72. The van der Waals surface area contributed by atoms with E-state index in [9.17, 15) is 10.1 Å². The van der Waals surface area contributed by atoms with E-state index in [1.165, 1.54) is 6.08 Å². The first-order chi connectivity index (χ1) is 12.0. The third-order valence-corrected chi connectivity index (χ3v) is 4.10. The summed E-state index contributed by atoms with van der Waals surface area (Å²) >= 11 is 2.12. The monoisotopic (exact) mass is 442 g/mol. The summed E-state index contributed by atoms with van der Waals surface area (Å²) in [5.74, 6) is 2.62. The lowest BCUT2D eigenvalue weighted by Gasteiger charge is -2.07. The highest BCUT2D eigenvalue weighted by atomic mass is 127. The van der Waals surface area contributed by atoms with Crippen LogP contribution >= 0.6 is 22.6 Å². The Morgan fingerprint density at radius 1 is 1.32 bits per heavy atom. The minimum atomic E-state index is -0.450. The Morgan fingerprint density at radius 2 is 2.04 bits per heavy atom. The van der Waals surface area contributed by atoms with Crippen LogP contribution < -0.4 is 10.1 Å². The largest absolute Gasteiger partial charge is 0.480 e. The van der Waals surface area contributed by atoms with E-state index in [0.29, 0.717) is 11.4 Å². The molecule has 124 valence electrons. The van der Waals surface area contributed by atoms with Gasteiger partial charge in [0.05, 0.1) is 3.57 Å². The zero-order chi connectivity index (χ0) is 18.2. The molecule has 0 spiro atoms. The van der Waals surface area contributed by atoms with Crippen LogP contribution in [0.4, 0.5) is 5.69 Å². The van der Waals surface area contributed by atoms with Crippen LogP contribution in [-0.4, -0.2) is 12.5 Å². The molecule has 0 bridgehead atoms. The second-order valence-electron chi connectivity index (χ2n) is 5.17. The maximum Gasteiger partial charge on any atom is 0.266 e. The van der Waals surface area contributed by atoms with Gasteiger partial charge in [-0.1, -0.05) is 29.7 Å². The topological polar surface area (TPSA) is 62.1 Å². The van der Waals surface area contributed by atoms with Gasteiger partial charge in [-0.3, -0.25) is 4.79 Å². The third kappa shape index (κ3) is 5.37. The van der Waals surface area contributed by atoms with Crippen molar-refractivity contribution in [3.8, 4) is 24.2 Å². The summed E-state index contributed by atoms with van der Waals surface area (Å²) in [6, 6.07) is 14.7. The highest BCUT2D eigenvalue weighted by molar-refractivity contribution is 14.1. The SMILES string of the molecule is C#CCOc1ccc(/C=C(\C#N)C(=O)Nc2ccc(C)cc2)cc1I. The number of anilines is 1. The number of terminal acetylenes is 1. The molecule has 0 fully saturated rings. The van der Waals surface area contributed by atoms with Gasteiger partial charge < -0.3 is 10.1 Å². The van der Waals surface area contributed by atoms with E-state index in [4.69, 9.17) is 11.2 Å². The molecule has 5 heteroatoms. The number of halogens is 1. The van der Waals surface area contributed by atoms with E-state index >= 15 is 0 Å². The van der Waals surface area contributed by atoms with Gasteiger partial charge in [-0.15, -0.1) is 6.42 Å². The Morgan fingerprint density at radius 3 is 2.64 bits per heavy atom. The molecule has 0 radical (unpaired) electrons. The molecule has 1 N–H and O–H groups in total. The number of nitrogens with zero attached hydrogens (tertiary/aromatic N) is 1. The highest BCUT2D eigenvalue weighted by Crippen LogP contribution is 2.23. The standard InChI is InChI=1S/C20H15IN2O2/c1-3-10-25-19-9-6-15(12-18(19)21)11-16(13-22)20(24)23-17-7-4-14(2)5-8-17/h1,4-9,11-12H,10H2,2H3,(H,23,24)/b16-11+. The summed E-state index contributed by atoms with van der Waals surface area (Å²) in [6.45, 7) is 2.15. The van der Waals surface area contributed by atoms with Gasteiger partial charge in [0.2, 0.25) is 0 Å². The van der Waals surface area contributed by atoms with Gasteiger partial charge in [-0.05, 0) is 65.4 Å². The second kappa shape index (κ2) is 8.91. The van der Waals surface area contributed by atoms with Gasteiger partial charge in [0, 0.05) is 5.69 Å². The number of aryl methyl sites for hydroxylation is 1.